The SMILES string of the molecule is Cc1cc2c(c(C)c1Cl)C=C(C(=O)OCOC(=O)CCO[N+](=O)[O-])[C@@H](C(F)(F)F)O2. The van der Waals surface area contributed by atoms with Crippen LogP contribution in [0, 0.1) is 24.0 Å². The average molecular weight is 454 g/mol. The number of alkyl halides is 3. The molecule has 9 nitrogen and oxygen atoms in total. The molecule has 30 heavy (non-hydrogen) atoms. The number of ether oxygens (including phenoxy) is 3. The molecule has 1 aliphatic rings. The van der Waals surface area contributed by atoms with E-state index in [0.717, 1.165) is 6.08 Å². The van der Waals surface area contributed by atoms with Crippen molar-refractivity contribution in [1.29, 1.82) is 0 Å². The Kier molecular flexibility index (Phi) is 7.13. The fraction of sp³-hybridized carbons (Fsp3) is 0.412. The quantitative estimate of drug-likeness (QED) is 0.267. The zero-order chi connectivity index (χ0) is 22.6. The highest BCUT2D eigenvalue weighted by Gasteiger charge is 2.49. The van der Waals surface area contributed by atoms with Crippen molar-refractivity contribution in [3.05, 3.63) is 43.5 Å². The van der Waals surface area contributed by atoms with Gasteiger partial charge in [0.2, 0.25) is 12.9 Å². The molecule has 0 aromatic heterocycles. The van der Waals surface area contributed by atoms with Crippen molar-refractivity contribution in [3.63, 3.8) is 0 Å². The predicted molar refractivity (Wildman–Crippen MR) is 94.0 cm³/mol. The van der Waals surface area contributed by atoms with Gasteiger partial charge in [-0.05, 0) is 37.1 Å². The Morgan fingerprint density at radius 1 is 1.30 bits per heavy atom. The molecule has 1 aliphatic heterocycles. The number of aryl methyl sites for hydroxylation is 1. The second-order valence-electron chi connectivity index (χ2n) is 6.06. The number of esters is 2. The van der Waals surface area contributed by atoms with Crippen LogP contribution >= 0.6 is 11.6 Å². The summed E-state index contributed by atoms with van der Waals surface area (Å²) in [6.07, 6.45) is -7.09. The van der Waals surface area contributed by atoms with Gasteiger partial charge in [-0.1, -0.05) is 11.6 Å². The molecule has 0 fully saturated rings. The largest absolute Gasteiger partial charge is 0.475 e. The van der Waals surface area contributed by atoms with Gasteiger partial charge in [0.15, 0.2) is 0 Å². The van der Waals surface area contributed by atoms with E-state index in [1.54, 1.807) is 13.8 Å². The van der Waals surface area contributed by atoms with Crippen LogP contribution in [-0.4, -0.2) is 42.7 Å². The van der Waals surface area contributed by atoms with Crippen molar-refractivity contribution in [1.82, 2.24) is 0 Å². The summed E-state index contributed by atoms with van der Waals surface area (Å²) in [4.78, 5) is 37.4. The highest BCUT2D eigenvalue weighted by Crippen LogP contribution is 2.41. The number of hydrogen-bond donors (Lipinski definition) is 0. The second-order valence-corrected chi connectivity index (χ2v) is 6.43. The molecule has 0 saturated heterocycles. The molecule has 13 heteroatoms. The van der Waals surface area contributed by atoms with E-state index in [2.05, 4.69) is 14.3 Å². The minimum absolute atomic E-state index is 0.0921. The molecule has 0 amide bonds. The molecule has 1 aromatic rings. The van der Waals surface area contributed by atoms with Crippen molar-refractivity contribution in [2.45, 2.75) is 32.5 Å². The topological polar surface area (TPSA) is 114 Å². The summed E-state index contributed by atoms with van der Waals surface area (Å²) in [5, 5.41) is 9.15. The van der Waals surface area contributed by atoms with Crippen LogP contribution in [0.4, 0.5) is 13.2 Å². The minimum atomic E-state index is -4.93. The van der Waals surface area contributed by atoms with Crippen LogP contribution in [0.1, 0.15) is 23.1 Å². The number of halogens is 4. The lowest BCUT2D eigenvalue weighted by Crippen LogP contribution is -2.41. The van der Waals surface area contributed by atoms with Crippen molar-refractivity contribution >= 4 is 29.6 Å². The number of rotatable bonds is 7. The molecular weight excluding hydrogens is 439 g/mol. The number of carbonyl (C=O) groups excluding carboxylic acids is 2. The Hall–Kier alpha value is -3.02. The molecule has 2 rings (SSSR count). The molecule has 1 aromatic carbocycles. The van der Waals surface area contributed by atoms with Gasteiger partial charge >= 0.3 is 18.1 Å². The van der Waals surface area contributed by atoms with E-state index in [1.807, 2.05) is 0 Å². The molecule has 164 valence electrons. The third kappa shape index (κ3) is 5.53. The van der Waals surface area contributed by atoms with E-state index >= 15 is 0 Å². The smallest absolute Gasteiger partial charge is 0.430 e. The van der Waals surface area contributed by atoms with Gasteiger partial charge in [-0.25, -0.2) is 4.79 Å². The predicted octanol–water partition coefficient (Wildman–Crippen LogP) is 3.31. The molecule has 0 saturated carbocycles. The van der Waals surface area contributed by atoms with Crippen LogP contribution in [-0.2, 0) is 23.9 Å². The molecule has 0 unspecified atom stereocenters. The van der Waals surface area contributed by atoms with E-state index in [1.165, 1.54) is 6.07 Å². The van der Waals surface area contributed by atoms with Gasteiger partial charge in [0.1, 0.15) is 12.4 Å². The lowest BCUT2D eigenvalue weighted by Gasteiger charge is -2.29. The molecule has 1 heterocycles. The first-order valence-corrected chi connectivity index (χ1v) is 8.64. The van der Waals surface area contributed by atoms with Gasteiger partial charge < -0.3 is 19.0 Å². The van der Waals surface area contributed by atoms with Crippen LogP contribution in [0.2, 0.25) is 5.02 Å². The highest BCUT2D eigenvalue weighted by molar-refractivity contribution is 6.32. The average Bonchev–Trinajstić information content (AvgIpc) is 2.64. The maximum Gasteiger partial charge on any atom is 0.430 e. The number of hydrogen-bond acceptors (Lipinski definition) is 8. The van der Waals surface area contributed by atoms with E-state index in [-0.39, 0.29) is 11.3 Å². The summed E-state index contributed by atoms with van der Waals surface area (Å²) in [6, 6.07) is 1.33. The van der Waals surface area contributed by atoms with E-state index in [4.69, 9.17) is 16.3 Å². The molecule has 1 atom stereocenters. The summed E-state index contributed by atoms with van der Waals surface area (Å²) < 4.78 is 54.3. The summed E-state index contributed by atoms with van der Waals surface area (Å²) in [5.41, 5.74) is 0.244. The molecule has 0 spiro atoms. The third-order valence-corrected chi connectivity index (χ3v) is 4.55. The van der Waals surface area contributed by atoms with E-state index in [0.29, 0.717) is 16.1 Å². The number of benzene rings is 1. The number of carbonyl (C=O) groups is 2. The fourth-order valence-electron chi connectivity index (χ4n) is 2.55. The maximum atomic E-state index is 13.4. The Morgan fingerprint density at radius 2 is 1.97 bits per heavy atom. The van der Waals surface area contributed by atoms with Crippen molar-refractivity contribution < 1.29 is 46.9 Å². The lowest BCUT2D eigenvalue weighted by molar-refractivity contribution is -0.757. The van der Waals surface area contributed by atoms with Crippen molar-refractivity contribution in [3.8, 4) is 5.75 Å². The van der Waals surface area contributed by atoms with Gasteiger partial charge in [0.05, 0.1) is 12.0 Å². The molecule has 0 bridgehead atoms. The number of fused-ring (bicyclic) bond motifs is 1. The van der Waals surface area contributed by atoms with Crippen LogP contribution in [0.5, 0.6) is 5.75 Å². The summed E-state index contributed by atoms with van der Waals surface area (Å²) in [5.74, 6) is -2.53. The van der Waals surface area contributed by atoms with E-state index < -0.39 is 54.7 Å². The van der Waals surface area contributed by atoms with E-state index in [9.17, 15) is 32.9 Å². The van der Waals surface area contributed by atoms with Crippen LogP contribution in [0.3, 0.4) is 0 Å². The second kappa shape index (κ2) is 9.20. The van der Waals surface area contributed by atoms with Crippen LogP contribution in [0.15, 0.2) is 11.6 Å². The van der Waals surface area contributed by atoms with Crippen LogP contribution < -0.4 is 4.74 Å². The van der Waals surface area contributed by atoms with Crippen LogP contribution in [0.25, 0.3) is 6.08 Å². The molecule has 0 aliphatic carbocycles. The summed E-state index contributed by atoms with van der Waals surface area (Å²) in [7, 11) is 0. The molecule has 0 radical (unpaired) electrons. The minimum Gasteiger partial charge on any atom is -0.475 e. The van der Waals surface area contributed by atoms with Gasteiger partial charge in [-0.2, -0.15) is 13.2 Å². The van der Waals surface area contributed by atoms with Gasteiger partial charge in [-0.3, -0.25) is 4.79 Å². The monoisotopic (exact) mass is 453 g/mol. The van der Waals surface area contributed by atoms with Crippen molar-refractivity contribution in [2.24, 2.45) is 0 Å². The molecular formula is C17H15ClF3NO8. The Bertz CT molecular complexity index is 900. The first-order valence-electron chi connectivity index (χ1n) is 8.26. The lowest BCUT2D eigenvalue weighted by atomic mass is 9.96. The highest BCUT2D eigenvalue weighted by atomic mass is 35.5. The Morgan fingerprint density at radius 3 is 2.57 bits per heavy atom. The van der Waals surface area contributed by atoms with Gasteiger partial charge in [0, 0.05) is 10.6 Å². The third-order valence-electron chi connectivity index (χ3n) is 3.97. The summed E-state index contributed by atoms with van der Waals surface area (Å²) >= 11 is 6.11. The van der Waals surface area contributed by atoms with Gasteiger partial charge in [-0.15, -0.1) is 10.1 Å². The normalized spacial score (nSPS) is 15.4. The zero-order valence-electron chi connectivity index (χ0n) is 15.6. The number of nitrogens with zero attached hydrogens (tertiary/aromatic N) is 1. The van der Waals surface area contributed by atoms with Gasteiger partial charge in [0.25, 0.3) is 5.09 Å². The summed E-state index contributed by atoms with van der Waals surface area (Å²) in [6.45, 7) is 1.56. The standard InChI is InChI=1S/C17H15ClF3NO8/c1-8-5-12-10(9(2)14(8)18)6-11(15(30-12)17(19,20)21)16(24)28-7-27-13(23)3-4-29-22(25)26/h5-6,15H,3-4,7H2,1-2H3/t15-/m0/s1. The van der Waals surface area contributed by atoms with Crippen molar-refractivity contribution in [2.75, 3.05) is 13.4 Å². The first kappa shape index (κ1) is 23.3. The Balaban J connectivity index is 2.14. The Labute approximate surface area is 172 Å². The fourth-order valence-corrected chi connectivity index (χ4v) is 2.71. The zero-order valence-corrected chi connectivity index (χ0v) is 16.3. The molecule has 0 N–H and O–H groups in total. The maximum absolute atomic E-state index is 13.4. The first-order chi connectivity index (χ1) is 13.9.